The fourth-order valence-corrected chi connectivity index (χ4v) is 7.62. The number of hydrogen-bond acceptors (Lipinski definition) is 1. The summed E-state index contributed by atoms with van der Waals surface area (Å²) in [6, 6.07) is 67.5. The van der Waals surface area contributed by atoms with Crippen LogP contribution in [0.3, 0.4) is 0 Å². The maximum absolute atomic E-state index is 3.66. The molecule has 3 heteroatoms. The molecule has 0 aliphatic heterocycles. The predicted molar refractivity (Wildman–Crippen MR) is 216 cm³/mol. The van der Waals surface area contributed by atoms with Crippen LogP contribution in [0.4, 0.5) is 11.4 Å². The summed E-state index contributed by atoms with van der Waals surface area (Å²) in [6.07, 6.45) is 0. The van der Waals surface area contributed by atoms with Crippen molar-refractivity contribution >= 4 is 55.0 Å². The van der Waals surface area contributed by atoms with E-state index in [0.29, 0.717) is 0 Å². The molecule has 3 nitrogen and oxygen atoms in total. The van der Waals surface area contributed by atoms with E-state index in [-0.39, 0.29) is 0 Å². The van der Waals surface area contributed by atoms with Crippen molar-refractivity contribution in [1.82, 2.24) is 9.55 Å². The van der Waals surface area contributed by atoms with Crippen LogP contribution in [-0.4, -0.2) is 9.55 Å². The highest BCUT2D eigenvalue weighted by Gasteiger charge is 2.16. The SMILES string of the molecule is c1ccc(Nc2ccc(-c3ccc(-c4ccc5c(c4)c4cc6c(cc4n5-c4ccccc4)[nH]c4ccccc46)cc3)cc2-c2ccccc2)cc1. The number of anilines is 2. The molecule has 10 aromatic rings. The van der Waals surface area contributed by atoms with E-state index < -0.39 is 0 Å². The Balaban J connectivity index is 1.07. The highest BCUT2D eigenvalue weighted by atomic mass is 15.0. The van der Waals surface area contributed by atoms with Crippen molar-refractivity contribution in [2.45, 2.75) is 0 Å². The van der Waals surface area contributed by atoms with Crippen molar-refractivity contribution in [2.24, 2.45) is 0 Å². The van der Waals surface area contributed by atoms with E-state index in [1.54, 1.807) is 0 Å². The van der Waals surface area contributed by atoms with Gasteiger partial charge in [-0.3, -0.25) is 0 Å². The maximum Gasteiger partial charge on any atom is 0.0562 e. The topological polar surface area (TPSA) is 32.8 Å². The highest BCUT2D eigenvalue weighted by Crippen LogP contribution is 2.40. The van der Waals surface area contributed by atoms with Gasteiger partial charge in [-0.05, 0) is 94.5 Å². The molecular formula is C48H33N3. The molecule has 0 aliphatic rings. The van der Waals surface area contributed by atoms with Crippen LogP contribution >= 0.6 is 0 Å². The third-order valence-corrected chi connectivity index (χ3v) is 10.1. The van der Waals surface area contributed by atoms with Crippen LogP contribution in [0.5, 0.6) is 0 Å². The summed E-state index contributed by atoms with van der Waals surface area (Å²) in [6.45, 7) is 0. The first-order chi connectivity index (χ1) is 25.3. The summed E-state index contributed by atoms with van der Waals surface area (Å²) in [7, 11) is 0. The summed E-state index contributed by atoms with van der Waals surface area (Å²) < 4.78 is 2.39. The van der Waals surface area contributed by atoms with Gasteiger partial charge in [-0.1, -0.05) is 121 Å². The number of nitrogens with one attached hydrogen (secondary N) is 2. The Kier molecular flexibility index (Phi) is 6.81. The van der Waals surface area contributed by atoms with Crippen molar-refractivity contribution in [2.75, 3.05) is 5.32 Å². The smallest absolute Gasteiger partial charge is 0.0562 e. The molecule has 0 spiro atoms. The number of para-hydroxylation sites is 3. The van der Waals surface area contributed by atoms with Crippen LogP contribution < -0.4 is 5.32 Å². The lowest BCUT2D eigenvalue weighted by Crippen LogP contribution is -1.94. The lowest BCUT2D eigenvalue weighted by Gasteiger charge is -2.15. The molecule has 0 fully saturated rings. The third-order valence-electron chi connectivity index (χ3n) is 10.1. The second-order valence-electron chi connectivity index (χ2n) is 13.2. The van der Waals surface area contributed by atoms with Gasteiger partial charge in [0.15, 0.2) is 0 Å². The average Bonchev–Trinajstić information content (AvgIpc) is 3.72. The zero-order valence-corrected chi connectivity index (χ0v) is 27.8. The summed E-state index contributed by atoms with van der Waals surface area (Å²) in [5.41, 5.74) is 15.1. The van der Waals surface area contributed by atoms with Crippen LogP contribution in [0.2, 0.25) is 0 Å². The summed E-state index contributed by atoms with van der Waals surface area (Å²) >= 11 is 0. The molecule has 2 heterocycles. The first-order valence-electron chi connectivity index (χ1n) is 17.4. The summed E-state index contributed by atoms with van der Waals surface area (Å²) in [5.74, 6) is 0. The largest absolute Gasteiger partial charge is 0.355 e. The number of fused-ring (bicyclic) bond motifs is 6. The Labute approximate surface area is 296 Å². The lowest BCUT2D eigenvalue weighted by molar-refractivity contribution is 1.18. The van der Waals surface area contributed by atoms with Gasteiger partial charge >= 0.3 is 0 Å². The average molecular weight is 652 g/mol. The zero-order valence-electron chi connectivity index (χ0n) is 27.8. The highest BCUT2D eigenvalue weighted by molar-refractivity contribution is 6.18. The van der Waals surface area contributed by atoms with Gasteiger partial charge in [0.05, 0.1) is 11.0 Å². The van der Waals surface area contributed by atoms with Gasteiger partial charge in [-0.15, -0.1) is 0 Å². The van der Waals surface area contributed by atoms with Crippen LogP contribution in [0.1, 0.15) is 0 Å². The van der Waals surface area contributed by atoms with Gasteiger partial charge in [0, 0.05) is 55.2 Å². The molecule has 2 aromatic heterocycles. The number of benzene rings is 8. The van der Waals surface area contributed by atoms with Gasteiger partial charge in [0.25, 0.3) is 0 Å². The number of aromatic amines is 1. The number of H-pyrrole nitrogens is 1. The Bertz CT molecular complexity index is 2850. The fourth-order valence-electron chi connectivity index (χ4n) is 7.62. The molecule has 0 unspecified atom stereocenters. The fraction of sp³-hybridized carbons (Fsp3) is 0. The van der Waals surface area contributed by atoms with Gasteiger partial charge in [0.2, 0.25) is 0 Å². The second kappa shape index (κ2) is 11.9. The van der Waals surface area contributed by atoms with E-state index in [4.69, 9.17) is 0 Å². The molecule has 2 N–H and O–H groups in total. The monoisotopic (exact) mass is 651 g/mol. The molecule has 0 saturated heterocycles. The minimum atomic E-state index is 1.07. The van der Waals surface area contributed by atoms with Crippen LogP contribution in [-0.2, 0) is 0 Å². The Morgan fingerprint density at radius 1 is 0.373 bits per heavy atom. The molecule has 0 bridgehead atoms. The van der Waals surface area contributed by atoms with E-state index in [1.165, 1.54) is 66.0 Å². The molecular weight excluding hydrogens is 619 g/mol. The number of nitrogens with zero attached hydrogens (tertiary/aromatic N) is 1. The molecule has 51 heavy (non-hydrogen) atoms. The van der Waals surface area contributed by atoms with E-state index in [9.17, 15) is 0 Å². The molecule has 240 valence electrons. The first-order valence-corrected chi connectivity index (χ1v) is 17.4. The van der Waals surface area contributed by atoms with Crippen molar-refractivity contribution in [1.29, 1.82) is 0 Å². The van der Waals surface area contributed by atoms with Crippen molar-refractivity contribution in [3.8, 4) is 39.1 Å². The van der Waals surface area contributed by atoms with Crippen molar-refractivity contribution < 1.29 is 0 Å². The van der Waals surface area contributed by atoms with Gasteiger partial charge in [-0.25, -0.2) is 0 Å². The normalized spacial score (nSPS) is 11.5. The van der Waals surface area contributed by atoms with E-state index >= 15 is 0 Å². The zero-order chi connectivity index (χ0) is 33.7. The minimum Gasteiger partial charge on any atom is -0.355 e. The van der Waals surface area contributed by atoms with E-state index in [2.05, 4.69) is 197 Å². The van der Waals surface area contributed by atoms with Crippen LogP contribution in [0, 0.1) is 0 Å². The number of hydrogen-bond donors (Lipinski definition) is 2. The van der Waals surface area contributed by atoms with Gasteiger partial charge in [0.1, 0.15) is 0 Å². The summed E-state index contributed by atoms with van der Waals surface area (Å²) in [5, 5.41) is 8.63. The first kappa shape index (κ1) is 29.1. The molecule has 10 rings (SSSR count). The quantitative estimate of drug-likeness (QED) is 0.184. The van der Waals surface area contributed by atoms with Crippen molar-refractivity contribution in [3.05, 3.63) is 188 Å². The Hall–Kier alpha value is -6.84. The summed E-state index contributed by atoms with van der Waals surface area (Å²) in [4.78, 5) is 3.66. The van der Waals surface area contributed by atoms with E-state index in [1.807, 2.05) is 6.07 Å². The molecule has 0 atom stereocenters. The number of aromatic nitrogens is 2. The lowest BCUT2D eigenvalue weighted by atomic mass is 9.95. The molecule has 8 aromatic carbocycles. The van der Waals surface area contributed by atoms with Gasteiger partial charge in [-0.2, -0.15) is 0 Å². The van der Waals surface area contributed by atoms with Gasteiger partial charge < -0.3 is 14.9 Å². The van der Waals surface area contributed by atoms with Crippen molar-refractivity contribution in [3.63, 3.8) is 0 Å². The maximum atomic E-state index is 3.66. The molecule has 0 amide bonds. The molecule has 0 radical (unpaired) electrons. The predicted octanol–water partition coefficient (Wildman–Crippen LogP) is 13.2. The third kappa shape index (κ3) is 5.06. The minimum absolute atomic E-state index is 1.07. The second-order valence-corrected chi connectivity index (χ2v) is 13.2. The number of rotatable bonds is 6. The van der Waals surface area contributed by atoms with E-state index in [0.717, 1.165) is 28.1 Å². The molecule has 0 saturated carbocycles. The van der Waals surface area contributed by atoms with Crippen LogP contribution in [0.25, 0.3) is 82.7 Å². The standard InChI is InChI=1S/C48H33N3/c1-4-12-34(13-5-1)40-28-35(24-26-45(40)49-37-14-6-2-7-15-37)32-20-22-33(23-21-32)36-25-27-47-42(29-36)43-30-41-39-18-10-11-19-44(39)50-46(41)31-48(43)51(47)38-16-8-3-9-17-38/h1-31,49-50H. The Morgan fingerprint density at radius 3 is 1.75 bits per heavy atom. The Morgan fingerprint density at radius 2 is 0.980 bits per heavy atom. The van der Waals surface area contributed by atoms with Crippen LogP contribution in [0.15, 0.2) is 188 Å². The molecule has 0 aliphatic carbocycles.